The second-order valence-corrected chi connectivity index (χ2v) is 5.50. The first-order chi connectivity index (χ1) is 6.07. The Balaban J connectivity index is 3.37. The SMILES string of the molecule is COC(=O)C(Br)CSCCC(C)C. The zero-order chi connectivity index (χ0) is 10.3. The molecule has 0 aliphatic rings. The van der Waals surface area contributed by atoms with Gasteiger partial charge in [-0.05, 0) is 18.1 Å². The summed E-state index contributed by atoms with van der Waals surface area (Å²) in [5.74, 6) is 2.45. The van der Waals surface area contributed by atoms with Gasteiger partial charge in [-0.1, -0.05) is 29.8 Å². The number of carbonyl (C=O) groups excluding carboxylic acids is 1. The summed E-state index contributed by atoms with van der Waals surface area (Å²) in [4.78, 5) is 10.8. The zero-order valence-corrected chi connectivity index (χ0v) is 10.8. The van der Waals surface area contributed by atoms with Crippen molar-refractivity contribution in [2.24, 2.45) is 5.92 Å². The van der Waals surface area contributed by atoms with E-state index in [2.05, 4.69) is 34.5 Å². The lowest BCUT2D eigenvalue weighted by Crippen LogP contribution is -2.18. The minimum atomic E-state index is -0.183. The Bertz CT molecular complexity index is 151. The van der Waals surface area contributed by atoms with E-state index in [9.17, 15) is 4.79 Å². The smallest absolute Gasteiger partial charge is 0.320 e. The Morgan fingerprint density at radius 1 is 1.54 bits per heavy atom. The van der Waals surface area contributed by atoms with Crippen molar-refractivity contribution in [1.29, 1.82) is 0 Å². The van der Waals surface area contributed by atoms with E-state index in [1.165, 1.54) is 13.5 Å². The van der Waals surface area contributed by atoms with Gasteiger partial charge in [0, 0.05) is 5.75 Å². The van der Waals surface area contributed by atoms with Gasteiger partial charge in [0.1, 0.15) is 4.83 Å². The van der Waals surface area contributed by atoms with Gasteiger partial charge in [-0.2, -0.15) is 11.8 Å². The van der Waals surface area contributed by atoms with Crippen LogP contribution in [0.25, 0.3) is 0 Å². The van der Waals surface area contributed by atoms with Crippen molar-refractivity contribution in [3.8, 4) is 0 Å². The Kier molecular flexibility index (Phi) is 7.86. The predicted octanol–water partition coefficient (Wildman–Crippen LogP) is 2.70. The third kappa shape index (κ3) is 7.38. The monoisotopic (exact) mass is 268 g/mol. The zero-order valence-electron chi connectivity index (χ0n) is 8.38. The first-order valence-corrected chi connectivity index (χ1v) is 6.44. The van der Waals surface area contributed by atoms with Crippen molar-refractivity contribution < 1.29 is 9.53 Å². The number of ether oxygens (including phenoxy) is 1. The van der Waals surface area contributed by atoms with E-state index in [1.807, 2.05) is 0 Å². The fourth-order valence-corrected chi connectivity index (χ4v) is 2.60. The van der Waals surface area contributed by atoms with Crippen LogP contribution < -0.4 is 0 Å². The highest BCUT2D eigenvalue weighted by molar-refractivity contribution is 9.10. The number of esters is 1. The van der Waals surface area contributed by atoms with Gasteiger partial charge in [0.25, 0.3) is 0 Å². The van der Waals surface area contributed by atoms with E-state index in [0.29, 0.717) is 0 Å². The lowest BCUT2D eigenvalue weighted by Gasteiger charge is -2.07. The third-order valence-electron chi connectivity index (χ3n) is 1.56. The van der Waals surface area contributed by atoms with Crippen molar-refractivity contribution in [2.45, 2.75) is 25.1 Å². The molecule has 0 amide bonds. The molecule has 1 atom stereocenters. The highest BCUT2D eigenvalue weighted by Crippen LogP contribution is 2.14. The molecule has 0 bridgehead atoms. The van der Waals surface area contributed by atoms with Crippen molar-refractivity contribution in [2.75, 3.05) is 18.6 Å². The molecule has 0 heterocycles. The second-order valence-electron chi connectivity index (χ2n) is 3.25. The molecule has 0 aliphatic carbocycles. The Morgan fingerprint density at radius 2 is 2.15 bits per heavy atom. The van der Waals surface area contributed by atoms with Crippen LogP contribution in [0.15, 0.2) is 0 Å². The fourth-order valence-electron chi connectivity index (χ4n) is 0.702. The molecule has 0 spiro atoms. The minimum absolute atomic E-state index is 0.158. The number of thioether (sulfide) groups is 1. The maximum atomic E-state index is 11.0. The molecule has 4 heteroatoms. The van der Waals surface area contributed by atoms with Gasteiger partial charge in [0.2, 0.25) is 0 Å². The lowest BCUT2D eigenvalue weighted by molar-refractivity contribution is -0.139. The van der Waals surface area contributed by atoms with Gasteiger partial charge in [-0.15, -0.1) is 0 Å². The molecule has 1 unspecified atom stereocenters. The van der Waals surface area contributed by atoms with E-state index in [1.54, 1.807) is 11.8 Å². The van der Waals surface area contributed by atoms with Crippen LogP contribution in [0, 0.1) is 5.92 Å². The third-order valence-corrected chi connectivity index (χ3v) is 3.78. The summed E-state index contributed by atoms with van der Waals surface area (Å²) in [5.41, 5.74) is 0. The number of alkyl halides is 1. The number of carbonyl (C=O) groups is 1. The van der Waals surface area contributed by atoms with E-state index >= 15 is 0 Å². The molecule has 0 rings (SSSR count). The highest BCUT2D eigenvalue weighted by Gasteiger charge is 2.14. The Morgan fingerprint density at radius 3 is 2.62 bits per heavy atom. The number of rotatable bonds is 6. The molecule has 13 heavy (non-hydrogen) atoms. The van der Waals surface area contributed by atoms with Crippen molar-refractivity contribution in [3.05, 3.63) is 0 Å². The van der Waals surface area contributed by atoms with Gasteiger partial charge in [0.15, 0.2) is 0 Å². The molecule has 2 nitrogen and oxygen atoms in total. The highest BCUT2D eigenvalue weighted by atomic mass is 79.9. The average Bonchev–Trinajstić information content (AvgIpc) is 2.10. The number of halogens is 1. The standard InChI is InChI=1S/C9H17BrO2S/c1-7(2)4-5-13-6-8(10)9(11)12-3/h7-8H,4-6H2,1-3H3. The number of methoxy groups -OCH3 is 1. The van der Waals surface area contributed by atoms with Crippen LogP contribution in [0.5, 0.6) is 0 Å². The van der Waals surface area contributed by atoms with E-state index in [0.717, 1.165) is 17.4 Å². The van der Waals surface area contributed by atoms with Gasteiger partial charge >= 0.3 is 5.97 Å². The first-order valence-electron chi connectivity index (χ1n) is 4.37. The molecular weight excluding hydrogens is 252 g/mol. The van der Waals surface area contributed by atoms with Crippen LogP contribution in [0.4, 0.5) is 0 Å². The topological polar surface area (TPSA) is 26.3 Å². The summed E-state index contributed by atoms with van der Waals surface area (Å²) in [6, 6.07) is 0. The molecule has 0 aliphatic heterocycles. The average molecular weight is 269 g/mol. The Labute approximate surface area is 92.9 Å². The van der Waals surface area contributed by atoms with E-state index in [4.69, 9.17) is 0 Å². The molecule has 0 aromatic carbocycles. The summed E-state index contributed by atoms with van der Waals surface area (Å²) in [6.45, 7) is 4.40. The summed E-state index contributed by atoms with van der Waals surface area (Å²) in [6.07, 6.45) is 1.20. The van der Waals surface area contributed by atoms with Crippen LogP contribution in [-0.4, -0.2) is 29.4 Å². The van der Waals surface area contributed by atoms with Crippen molar-refractivity contribution >= 4 is 33.7 Å². The molecule has 0 fully saturated rings. The van der Waals surface area contributed by atoms with Crippen molar-refractivity contribution in [1.82, 2.24) is 0 Å². The summed E-state index contributed by atoms with van der Waals surface area (Å²) < 4.78 is 4.59. The maximum absolute atomic E-state index is 11.0. The summed E-state index contributed by atoms with van der Waals surface area (Å²) in [7, 11) is 1.41. The maximum Gasteiger partial charge on any atom is 0.320 e. The van der Waals surface area contributed by atoms with Gasteiger partial charge in [0.05, 0.1) is 7.11 Å². The first kappa shape index (κ1) is 13.3. The van der Waals surface area contributed by atoms with Crippen LogP contribution in [0.2, 0.25) is 0 Å². The quantitative estimate of drug-likeness (QED) is 0.421. The minimum Gasteiger partial charge on any atom is -0.468 e. The molecule has 0 N–H and O–H groups in total. The van der Waals surface area contributed by atoms with Gasteiger partial charge in [-0.25, -0.2) is 0 Å². The number of hydrogen-bond donors (Lipinski definition) is 0. The Hall–Kier alpha value is 0.300. The van der Waals surface area contributed by atoms with Crippen molar-refractivity contribution in [3.63, 3.8) is 0 Å². The summed E-state index contributed by atoms with van der Waals surface area (Å²) >= 11 is 5.06. The molecule has 0 saturated carbocycles. The van der Waals surface area contributed by atoms with Gasteiger partial charge in [-0.3, -0.25) is 4.79 Å². The van der Waals surface area contributed by atoms with Gasteiger partial charge < -0.3 is 4.74 Å². The normalized spacial score (nSPS) is 13.0. The fraction of sp³-hybridized carbons (Fsp3) is 0.889. The molecule has 0 aromatic heterocycles. The lowest BCUT2D eigenvalue weighted by atomic mass is 10.2. The van der Waals surface area contributed by atoms with Crippen LogP contribution in [0.1, 0.15) is 20.3 Å². The second kappa shape index (κ2) is 7.68. The molecule has 0 saturated heterocycles. The largest absolute Gasteiger partial charge is 0.468 e. The predicted molar refractivity (Wildman–Crippen MR) is 61.5 cm³/mol. The van der Waals surface area contributed by atoms with E-state index < -0.39 is 0 Å². The molecular formula is C9H17BrO2S. The molecule has 78 valence electrons. The number of hydrogen-bond acceptors (Lipinski definition) is 3. The molecule has 0 radical (unpaired) electrons. The van der Waals surface area contributed by atoms with Crippen LogP contribution >= 0.6 is 27.7 Å². The summed E-state index contributed by atoms with van der Waals surface area (Å²) in [5, 5.41) is 0. The van der Waals surface area contributed by atoms with Crippen LogP contribution in [0.3, 0.4) is 0 Å². The van der Waals surface area contributed by atoms with E-state index in [-0.39, 0.29) is 10.8 Å². The van der Waals surface area contributed by atoms with Crippen LogP contribution in [-0.2, 0) is 9.53 Å². The molecule has 0 aromatic rings.